The van der Waals surface area contributed by atoms with Gasteiger partial charge < -0.3 is 10.1 Å². The van der Waals surface area contributed by atoms with Crippen LogP contribution in [0.15, 0.2) is 42.5 Å². The maximum absolute atomic E-state index is 5.27. The minimum absolute atomic E-state index is 0.431. The summed E-state index contributed by atoms with van der Waals surface area (Å²) in [6.45, 7) is 1.10. The second-order valence-electron chi connectivity index (χ2n) is 5.23. The van der Waals surface area contributed by atoms with Crippen LogP contribution in [0.3, 0.4) is 0 Å². The first-order valence-corrected chi connectivity index (χ1v) is 7.17. The fourth-order valence-electron chi connectivity index (χ4n) is 2.72. The maximum atomic E-state index is 5.27. The molecule has 1 aromatic carbocycles. The van der Waals surface area contributed by atoms with Gasteiger partial charge in [0.15, 0.2) is 0 Å². The van der Waals surface area contributed by atoms with Gasteiger partial charge in [0.25, 0.3) is 0 Å². The van der Waals surface area contributed by atoms with E-state index in [2.05, 4.69) is 35.6 Å². The van der Waals surface area contributed by atoms with Crippen molar-refractivity contribution in [2.24, 2.45) is 0 Å². The van der Waals surface area contributed by atoms with Gasteiger partial charge in [-0.2, -0.15) is 0 Å². The monoisotopic (exact) mass is 268 g/mol. The zero-order chi connectivity index (χ0) is 13.8. The molecule has 3 nitrogen and oxygen atoms in total. The van der Waals surface area contributed by atoms with Crippen LogP contribution in [0.2, 0.25) is 0 Å². The molecule has 2 aromatic rings. The Kier molecular flexibility index (Phi) is 3.97. The standard InChI is InChI=1S/C17H20N2O/c1-20-15-7-2-5-13(12-15)11-14-6-3-8-17(19-14)16-9-4-10-18-16/h2-3,5-8,12,16,18H,4,9-11H2,1H3/t16-/m0/s1. The minimum atomic E-state index is 0.431. The largest absolute Gasteiger partial charge is 0.497 e. The summed E-state index contributed by atoms with van der Waals surface area (Å²) in [6.07, 6.45) is 3.28. The quantitative estimate of drug-likeness (QED) is 0.925. The van der Waals surface area contributed by atoms with Crippen molar-refractivity contribution in [2.75, 3.05) is 13.7 Å². The smallest absolute Gasteiger partial charge is 0.119 e. The highest BCUT2D eigenvalue weighted by molar-refractivity contribution is 5.31. The predicted octanol–water partition coefficient (Wildman–Crippen LogP) is 3.11. The van der Waals surface area contributed by atoms with E-state index in [-0.39, 0.29) is 0 Å². The van der Waals surface area contributed by atoms with E-state index in [1.807, 2.05) is 12.1 Å². The first-order chi connectivity index (χ1) is 9.85. The fraction of sp³-hybridized carbons (Fsp3) is 0.353. The average Bonchev–Trinajstić information content (AvgIpc) is 3.02. The van der Waals surface area contributed by atoms with E-state index in [0.29, 0.717) is 6.04 Å². The highest BCUT2D eigenvalue weighted by atomic mass is 16.5. The van der Waals surface area contributed by atoms with Crippen molar-refractivity contribution in [1.29, 1.82) is 0 Å². The number of benzene rings is 1. The molecule has 104 valence electrons. The van der Waals surface area contributed by atoms with Gasteiger partial charge >= 0.3 is 0 Å². The highest BCUT2D eigenvalue weighted by Crippen LogP contribution is 2.22. The number of hydrogen-bond acceptors (Lipinski definition) is 3. The Morgan fingerprint density at radius 1 is 1.25 bits per heavy atom. The van der Waals surface area contributed by atoms with E-state index in [1.54, 1.807) is 7.11 Å². The van der Waals surface area contributed by atoms with Crippen LogP contribution in [0.4, 0.5) is 0 Å². The molecule has 3 rings (SSSR count). The molecule has 0 amide bonds. The highest BCUT2D eigenvalue weighted by Gasteiger charge is 2.17. The molecule has 3 heteroatoms. The van der Waals surface area contributed by atoms with Gasteiger partial charge in [0.2, 0.25) is 0 Å². The van der Waals surface area contributed by atoms with Crippen LogP contribution in [-0.4, -0.2) is 18.6 Å². The Morgan fingerprint density at radius 2 is 2.15 bits per heavy atom. The number of pyridine rings is 1. The van der Waals surface area contributed by atoms with Crippen molar-refractivity contribution in [3.05, 3.63) is 59.4 Å². The summed E-state index contributed by atoms with van der Waals surface area (Å²) in [5, 5.41) is 3.50. The Bertz CT molecular complexity index is 577. The van der Waals surface area contributed by atoms with E-state index in [0.717, 1.165) is 24.4 Å². The summed E-state index contributed by atoms with van der Waals surface area (Å²) in [6, 6.07) is 14.9. The number of aromatic nitrogens is 1. The van der Waals surface area contributed by atoms with E-state index >= 15 is 0 Å². The van der Waals surface area contributed by atoms with Gasteiger partial charge in [0, 0.05) is 18.2 Å². The summed E-state index contributed by atoms with van der Waals surface area (Å²) in [5.74, 6) is 0.899. The van der Waals surface area contributed by atoms with Crippen LogP contribution in [0.25, 0.3) is 0 Å². The van der Waals surface area contributed by atoms with Gasteiger partial charge in [-0.25, -0.2) is 0 Å². The Morgan fingerprint density at radius 3 is 2.95 bits per heavy atom. The zero-order valence-electron chi connectivity index (χ0n) is 11.8. The third kappa shape index (κ3) is 2.99. The molecule has 1 saturated heterocycles. The molecule has 1 atom stereocenters. The summed E-state index contributed by atoms with van der Waals surface area (Å²) < 4.78 is 5.27. The SMILES string of the molecule is COc1cccc(Cc2cccc([C@@H]3CCCN3)n2)c1. The molecular formula is C17H20N2O. The number of nitrogens with one attached hydrogen (secondary N) is 1. The van der Waals surface area contributed by atoms with Gasteiger partial charge in [-0.15, -0.1) is 0 Å². The molecule has 0 radical (unpaired) electrons. The summed E-state index contributed by atoms with van der Waals surface area (Å²) >= 11 is 0. The van der Waals surface area contributed by atoms with Crippen LogP contribution in [0, 0.1) is 0 Å². The molecular weight excluding hydrogens is 248 g/mol. The van der Waals surface area contributed by atoms with Gasteiger partial charge in [-0.3, -0.25) is 4.98 Å². The van der Waals surface area contributed by atoms with Crippen molar-refractivity contribution in [2.45, 2.75) is 25.3 Å². The molecule has 0 aliphatic carbocycles. The van der Waals surface area contributed by atoms with E-state index in [1.165, 1.54) is 24.1 Å². The van der Waals surface area contributed by atoms with Crippen molar-refractivity contribution < 1.29 is 4.74 Å². The van der Waals surface area contributed by atoms with Crippen molar-refractivity contribution in [3.63, 3.8) is 0 Å². The Hall–Kier alpha value is -1.87. The van der Waals surface area contributed by atoms with Gasteiger partial charge in [-0.1, -0.05) is 18.2 Å². The number of nitrogens with zero attached hydrogens (tertiary/aromatic N) is 1. The first kappa shape index (κ1) is 13.1. The van der Waals surface area contributed by atoms with E-state index < -0.39 is 0 Å². The van der Waals surface area contributed by atoms with Crippen molar-refractivity contribution in [1.82, 2.24) is 10.3 Å². The number of ether oxygens (including phenoxy) is 1. The van der Waals surface area contributed by atoms with Crippen LogP contribution in [-0.2, 0) is 6.42 Å². The fourth-order valence-corrected chi connectivity index (χ4v) is 2.72. The number of rotatable bonds is 4. The third-order valence-electron chi connectivity index (χ3n) is 3.77. The molecule has 0 spiro atoms. The lowest BCUT2D eigenvalue weighted by atomic mass is 10.1. The predicted molar refractivity (Wildman–Crippen MR) is 80.0 cm³/mol. The van der Waals surface area contributed by atoms with Crippen molar-refractivity contribution >= 4 is 0 Å². The maximum Gasteiger partial charge on any atom is 0.119 e. The number of methoxy groups -OCH3 is 1. The lowest BCUT2D eigenvalue weighted by Gasteiger charge is -2.11. The topological polar surface area (TPSA) is 34.1 Å². The van der Waals surface area contributed by atoms with Gasteiger partial charge in [0.1, 0.15) is 5.75 Å². The molecule has 1 fully saturated rings. The van der Waals surface area contributed by atoms with Crippen LogP contribution < -0.4 is 10.1 Å². The van der Waals surface area contributed by atoms with Crippen LogP contribution in [0.5, 0.6) is 5.75 Å². The lowest BCUT2D eigenvalue weighted by molar-refractivity contribution is 0.414. The first-order valence-electron chi connectivity index (χ1n) is 7.17. The van der Waals surface area contributed by atoms with E-state index in [4.69, 9.17) is 9.72 Å². The molecule has 2 heterocycles. The van der Waals surface area contributed by atoms with Crippen molar-refractivity contribution in [3.8, 4) is 5.75 Å². The Labute approximate surface area is 120 Å². The molecule has 1 aromatic heterocycles. The molecule has 0 saturated carbocycles. The molecule has 0 bridgehead atoms. The summed E-state index contributed by atoms with van der Waals surface area (Å²) in [4.78, 5) is 4.80. The second-order valence-corrected chi connectivity index (χ2v) is 5.23. The zero-order valence-corrected chi connectivity index (χ0v) is 11.8. The molecule has 20 heavy (non-hydrogen) atoms. The molecule has 1 aliphatic heterocycles. The van der Waals surface area contributed by atoms with E-state index in [9.17, 15) is 0 Å². The molecule has 1 aliphatic rings. The normalized spacial score (nSPS) is 18.1. The number of hydrogen-bond donors (Lipinski definition) is 1. The third-order valence-corrected chi connectivity index (χ3v) is 3.77. The van der Waals surface area contributed by atoms with Crippen LogP contribution >= 0.6 is 0 Å². The average molecular weight is 268 g/mol. The Balaban J connectivity index is 1.78. The van der Waals surface area contributed by atoms with Gasteiger partial charge in [-0.05, 0) is 49.2 Å². The minimum Gasteiger partial charge on any atom is -0.497 e. The van der Waals surface area contributed by atoms with Crippen LogP contribution in [0.1, 0.15) is 35.8 Å². The summed E-state index contributed by atoms with van der Waals surface area (Å²) in [5.41, 5.74) is 3.51. The lowest BCUT2D eigenvalue weighted by Crippen LogP contribution is -2.14. The second kappa shape index (κ2) is 6.06. The summed E-state index contributed by atoms with van der Waals surface area (Å²) in [7, 11) is 1.70. The molecule has 1 N–H and O–H groups in total. The molecule has 0 unspecified atom stereocenters. The van der Waals surface area contributed by atoms with Gasteiger partial charge in [0.05, 0.1) is 12.8 Å².